The van der Waals surface area contributed by atoms with E-state index in [1.807, 2.05) is 6.07 Å². The zero-order valence-electron chi connectivity index (χ0n) is 22.2. The Labute approximate surface area is 247 Å². The molecule has 0 amide bonds. The summed E-state index contributed by atoms with van der Waals surface area (Å²) in [6.07, 6.45) is -0.533. The molecule has 2 aromatic carbocycles. The van der Waals surface area contributed by atoms with Crippen molar-refractivity contribution < 1.29 is 37.4 Å². The van der Waals surface area contributed by atoms with E-state index in [1.54, 1.807) is 24.3 Å². The molecule has 1 fully saturated rings. The molecule has 15 heteroatoms. The number of nitrogens with one attached hydrogen (secondary N) is 2. The first kappa shape index (κ1) is 31.5. The minimum atomic E-state index is -4.36. The average Bonchev–Trinajstić information content (AvgIpc) is 3.34. The van der Waals surface area contributed by atoms with Crippen LogP contribution < -0.4 is 20.9 Å². The molecule has 0 spiro atoms. The van der Waals surface area contributed by atoms with E-state index in [2.05, 4.69) is 26.0 Å². The summed E-state index contributed by atoms with van der Waals surface area (Å²) in [4.78, 5) is 40.7. The van der Waals surface area contributed by atoms with E-state index in [0.717, 1.165) is 22.3 Å². The number of hydrogen-bond acceptors (Lipinski definition) is 9. The number of H-pyrrole nitrogens is 1. The molecule has 5 atom stereocenters. The van der Waals surface area contributed by atoms with Gasteiger partial charge in [0.05, 0.1) is 18.3 Å². The third-order valence-electron chi connectivity index (χ3n) is 6.13. The van der Waals surface area contributed by atoms with Crippen LogP contribution in [0.3, 0.4) is 0 Å². The van der Waals surface area contributed by atoms with Gasteiger partial charge in [0, 0.05) is 12.6 Å². The SMILES string of the molecule is C[C@H](NP(=O)(OCC1O[C@@H](n2cc(/C=C/Br)c(=O)[nH]c2=O)C[C@H]1O)Oc1ccc(F)cc1)C(=O)OCc1ccccc1. The first-order valence-corrected chi connectivity index (χ1v) is 15.2. The Bertz CT molecular complexity index is 1570. The normalized spacial score (nSPS) is 20.7. The lowest BCUT2D eigenvalue weighted by Gasteiger charge is -2.24. The van der Waals surface area contributed by atoms with Gasteiger partial charge in [0.15, 0.2) is 0 Å². The van der Waals surface area contributed by atoms with Gasteiger partial charge in [0.1, 0.15) is 36.5 Å². The molecule has 0 bridgehead atoms. The van der Waals surface area contributed by atoms with Crippen molar-refractivity contribution in [2.75, 3.05) is 6.61 Å². The number of aliphatic hydroxyl groups is 1. The lowest BCUT2D eigenvalue weighted by Crippen LogP contribution is -2.36. The number of benzene rings is 2. The predicted molar refractivity (Wildman–Crippen MR) is 153 cm³/mol. The number of esters is 1. The highest BCUT2D eigenvalue weighted by Crippen LogP contribution is 2.46. The highest BCUT2D eigenvalue weighted by Gasteiger charge is 2.39. The van der Waals surface area contributed by atoms with Crippen molar-refractivity contribution >= 4 is 35.7 Å². The van der Waals surface area contributed by atoms with E-state index in [1.165, 1.54) is 36.3 Å². The van der Waals surface area contributed by atoms with E-state index < -0.39 is 61.9 Å². The molecule has 42 heavy (non-hydrogen) atoms. The monoisotopic (exact) mass is 667 g/mol. The topological polar surface area (TPSA) is 158 Å². The van der Waals surface area contributed by atoms with Crippen molar-refractivity contribution in [3.8, 4) is 5.75 Å². The molecule has 12 nitrogen and oxygen atoms in total. The summed E-state index contributed by atoms with van der Waals surface area (Å²) in [6.45, 7) is 0.896. The Morgan fingerprint density at radius 3 is 2.67 bits per heavy atom. The lowest BCUT2D eigenvalue weighted by atomic mass is 10.2. The Balaban J connectivity index is 1.46. The Hall–Kier alpha value is -3.39. The smallest absolute Gasteiger partial charge is 0.459 e. The van der Waals surface area contributed by atoms with Crippen LogP contribution in [-0.4, -0.2) is 45.5 Å². The summed E-state index contributed by atoms with van der Waals surface area (Å²) in [5.74, 6) is -1.31. The number of rotatable bonds is 12. The van der Waals surface area contributed by atoms with Gasteiger partial charge in [-0.2, -0.15) is 5.09 Å². The molecule has 1 aliphatic heterocycles. The standard InChI is InChI=1S/C27H28BrFN3O9P/c1-17(26(35)38-15-18-5-3-2-4-6-18)31-42(37,41-21-9-7-20(29)8-10-21)39-16-23-22(33)13-24(40-23)32-14-19(11-12-28)25(34)30-27(32)36/h2-12,14,17,22-24,33H,13,15-16H2,1H3,(H,31,37)(H,30,34,36)/b12-11+/t17-,22+,23?,24+,42?/m0/s1. The maximum absolute atomic E-state index is 13.8. The van der Waals surface area contributed by atoms with Crippen molar-refractivity contribution in [3.63, 3.8) is 0 Å². The summed E-state index contributed by atoms with van der Waals surface area (Å²) < 4.78 is 50.5. The van der Waals surface area contributed by atoms with E-state index in [0.29, 0.717) is 0 Å². The molecular weight excluding hydrogens is 640 g/mol. The zero-order valence-corrected chi connectivity index (χ0v) is 24.7. The fourth-order valence-corrected chi connectivity index (χ4v) is 5.76. The molecule has 4 rings (SSSR count). The second-order valence-corrected chi connectivity index (χ2v) is 11.5. The van der Waals surface area contributed by atoms with E-state index in [-0.39, 0.29) is 24.3 Å². The van der Waals surface area contributed by atoms with Crippen LogP contribution in [0.15, 0.2) is 75.4 Å². The Morgan fingerprint density at radius 2 is 1.98 bits per heavy atom. The first-order chi connectivity index (χ1) is 20.1. The molecule has 3 N–H and O–H groups in total. The highest BCUT2D eigenvalue weighted by molar-refractivity contribution is 9.11. The fourth-order valence-electron chi connectivity index (χ4n) is 3.98. The molecule has 0 radical (unpaired) electrons. The van der Waals surface area contributed by atoms with Crippen LogP contribution in [0.4, 0.5) is 4.39 Å². The van der Waals surface area contributed by atoms with Crippen LogP contribution in [0, 0.1) is 5.82 Å². The second kappa shape index (κ2) is 14.2. The number of carbonyl (C=O) groups is 1. The van der Waals surface area contributed by atoms with Gasteiger partial charge in [-0.15, -0.1) is 0 Å². The van der Waals surface area contributed by atoms with Crippen LogP contribution in [0.2, 0.25) is 0 Å². The number of halogens is 2. The number of carbonyl (C=O) groups excluding carboxylic acids is 1. The number of hydrogen-bond donors (Lipinski definition) is 3. The van der Waals surface area contributed by atoms with Gasteiger partial charge < -0.3 is 19.1 Å². The molecule has 1 saturated heterocycles. The average molecular weight is 668 g/mol. The maximum Gasteiger partial charge on any atom is 0.459 e. The summed E-state index contributed by atoms with van der Waals surface area (Å²) in [7, 11) is -4.36. The number of nitrogens with zero attached hydrogens (tertiary/aromatic N) is 1. The summed E-state index contributed by atoms with van der Waals surface area (Å²) >= 11 is 3.08. The molecule has 1 aliphatic rings. The van der Waals surface area contributed by atoms with Crippen LogP contribution in [0.25, 0.3) is 6.08 Å². The van der Waals surface area contributed by atoms with Gasteiger partial charge in [-0.1, -0.05) is 46.3 Å². The van der Waals surface area contributed by atoms with E-state index >= 15 is 0 Å². The van der Waals surface area contributed by atoms with Crippen LogP contribution >= 0.6 is 23.7 Å². The Kier molecular flexibility index (Phi) is 10.7. The third-order valence-corrected chi connectivity index (χ3v) is 8.04. The minimum absolute atomic E-state index is 0.0174. The van der Waals surface area contributed by atoms with Gasteiger partial charge >= 0.3 is 19.4 Å². The number of aliphatic hydroxyl groups excluding tert-OH is 1. The minimum Gasteiger partial charge on any atom is -0.460 e. The molecule has 2 heterocycles. The van der Waals surface area contributed by atoms with Crippen LogP contribution in [0.5, 0.6) is 5.75 Å². The third kappa shape index (κ3) is 8.34. The van der Waals surface area contributed by atoms with Crippen molar-refractivity contribution in [1.29, 1.82) is 0 Å². The number of ether oxygens (including phenoxy) is 2. The molecule has 224 valence electrons. The van der Waals surface area contributed by atoms with Gasteiger partial charge in [-0.05, 0) is 47.8 Å². The Morgan fingerprint density at radius 1 is 1.26 bits per heavy atom. The molecule has 0 saturated carbocycles. The van der Waals surface area contributed by atoms with E-state index in [9.17, 15) is 28.4 Å². The molecular formula is C27H28BrFN3O9P. The number of aromatic nitrogens is 2. The summed E-state index contributed by atoms with van der Waals surface area (Å²) in [6, 6.07) is 12.4. The van der Waals surface area contributed by atoms with E-state index in [4.69, 9.17) is 18.5 Å². The highest BCUT2D eigenvalue weighted by atomic mass is 79.9. The quantitative estimate of drug-likeness (QED) is 0.192. The molecule has 3 aromatic rings. The van der Waals surface area contributed by atoms with Gasteiger partial charge in [0.25, 0.3) is 5.56 Å². The summed E-state index contributed by atoms with van der Waals surface area (Å²) in [5, 5.41) is 13.1. The molecule has 2 unspecified atom stereocenters. The zero-order chi connectivity index (χ0) is 30.3. The fraction of sp³-hybridized carbons (Fsp3) is 0.296. The van der Waals surface area contributed by atoms with Gasteiger partial charge in [-0.3, -0.25) is 23.7 Å². The molecule has 0 aliphatic carbocycles. The van der Waals surface area contributed by atoms with Gasteiger partial charge in [-0.25, -0.2) is 13.8 Å². The lowest BCUT2D eigenvalue weighted by molar-refractivity contribution is -0.146. The van der Waals surface area contributed by atoms with Gasteiger partial charge in [0.2, 0.25) is 0 Å². The maximum atomic E-state index is 13.8. The number of aromatic amines is 1. The van der Waals surface area contributed by atoms with Crippen molar-refractivity contribution in [2.24, 2.45) is 0 Å². The van der Waals surface area contributed by atoms with Crippen LogP contribution in [-0.2, 0) is 30.0 Å². The van der Waals surface area contributed by atoms with Crippen molar-refractivity contribution in [3.05, 3.63) is 104 Å². The first-order valence-electron chi connectivity index (χ1n) is 12.7. The summed E-state index contributed by atoms with van der Waals surface area (Å²) in [5.41, 5.74) is -0.440. The predicted octanol–water partition coefficient (Wildman–Crippen LogP) is 3.61. The molecule has 1 aromatic heterocycles. The van der Waals surface area contributed by atoms with Crippen molar-refractivity contribution in [2.45, 2.75) is 44.4 Å². The van der Waals surface area contributed by atoms with Crippen LogP contribution in [0.1, 0.15) is 30.7 Å². The van der Waals surface area contributed by atoms with Crippen molar-refractivity contribution in [1.82, 2.24) is 14.6 Å². The largest absolute Gasteiger partial charge is 0.460 e. The second-order valence-electron chi connectivity index (χ2n) is 9.26.